The van der Waals surface area contributed by atoms with Crippen LogP contribution in [0, 0.1) is 0 Å². The van der Waals surface area contributed by atoms with Gasteiger partial charge in [-0.05, 0) is 69.7 Å². The minimum absolute atomic E-state index is 0.00934. The van der Waals surface area contributed by atoms with Crippen LogP contribution < -0.4 is 0 Å². The number of benzene rings is 8. The molecule has 0 aliphatic carbocycles. The average Bonchev–Trinajstić information content (AvgIpc) is 3.74. The molecule has 0 saturated carbocycles. The molecule has 10 rings (SSSR count). The number of hydrogen-bond donors (Lipinski definition) is 0. The number of hydrogen-bond acceptors (Lipinski definition) is 2. The second kappa shape index (κ2) is 13.9. The molecule has 0 N–H and O–H groups in total. The van der Waals surface area contributed by atoms with Crippen molar-refractivity contribution in [2.45, 2.75) is 0 Å². The zero-order chi connectivity index (χ0) is 52.2. The smallest absolute Gasteiger partial charge is 0.160 e. The fourth-order valence-corrected chi connectivity index (χ4v) is 6.67. The van der Waals surface area contributed by atoms with E-state index in [1.54, 1.807) is 36.4 Å². The van der Waals surface area contributed by atoms with Gasteiger partial charge in [0.25, 0.3) is 0 Å². The summed E-state index contributed by atoms with van der Waals surface area (Å²) in [4.78, 5) is 9.78. The van der Waals surface area contributed by atoms with Gasteiger partial charge >= 0.3 is 0 Å². The molecule has 2 heterocycles. The highest BCUT2D eigenvalue weighted by Gasteiger charge is 2.20. The predicted molar refractivity (Wildman–Crippen MR) is 229 cm³/mol. The van der Waals surface area contributed by atoms with Crippen LogP contribution in [-0.2, 0) is 0 Å². The van der Waals surface area contributed by atoms with Crippen molar-refractivity contribution < 1.29 is 24.7 Å². The van der Waals surface area contributed by atoms with E-state index in [2.05, 4.69) is 0 Å². The fraction of sp³-hybridized carbons (Fsp3) is 0. The summed E-state index contributed by atoms with van der Waals surface area (Å²) in [6.45, 7) is 0. The highest BCUT2D eigenvalue weighted by atomic mass is 15.0. The van der Waals surface area contributed by atoms with E-state index >= 15 is 0 Å². The van der Waals surface area contributed by atoms with E-state index in [-0.39, 0.29) is 50.0 Å². The van der Waals surface area contributed by atoms with Crippen LogP contribution in [0.4, 0.5) is 0 Å². The Labute approximate surface area is 345 Å². The van der Waals surface area contributed by atoms with E-state index in [0.717, 1.165) is 15.7 Å². The minimum atomic E-state index is -0.792. The zero-order valence-electron chi connectivity index (χ0n) is 46.7. The maximum atomic E-state index is 10.2. The molecule has 3 nitrogen and oxygen atoms in total. The van der Waals surface area contributed by atoms with Gasteiger partial charge in [-0.3, -0.25) is 0 Å². The van der Waals surface area contributed by atoms with Gasteiger partial charge in [-0.2, -0.15) is 0 Å². The number of para-hydroxylation sites is 1. The Hall–Kier alpha value is -7.36. The van der Waals surface area contributed by atoms with E-state index in [1.807, 2.05) is 54.6 Å². The SMILES string of the molecule is [2H]c1c([2H])c([2H])c(-c2cc(-c3c([2H])c([2H])c([2H])c([2H])c3[2H])c3c4c([2H])c([2H])c(-c5cc(-c6ccc(-c7ccccc7)cc6)nc(-c6ccccc6)n5)c([2H])c4n(-c4c([2H])c([2H])c([2H])c([2H])c4[2H])c3c2)c([2H])c1[2H]. The summed E-state index contributed by atoms with van der Waals surface area (Å²) >= 11 is 0. The van der Waals surface area contributed by atoms with Crippen molar-refractivity contribution in [3.05, 3.63) is 212 Å². The molecule has 0 aliphatic heterocycles. The molecule has 55 heavy (non-hydrogen) atoms. The molecule has 0 spiro atoms. The van der Waals surface area contributed by atoms with Gasteiger partial charge in [0.15, 0.2) is 5.82 Å². The van der Waals surface area contributed by atoms with Crippen LogP contribution in [0.5, 0.6) is 0 Å². The van der Waals surface area contributed by atoms with Crippen LogP contribution >= 0.6 is 0 Å². The van der Waals surface area contributed by atoms with Gasteiger partial charge in [-0.1, -0.05) is 176 Å². The van der Waals surface area contributed by atoms with E-state index in [9.17, 15) is 6.85 Å². The fourth-order valence-electron chi connectivity index (χ4n) is 6.67. The molecule has 0 unspecified atom stereocenters. The summed E-state index contributed by atoms with van der Waals surface area (Å²) < 4.78 is 163. The Balaban J connectivity index is 1.41. The quantitative estimate of drug-likeness (QED) is 0.164. The van der Waals surface area contributed by atoms with Gasteiger partial charge < -0.3 is 4.57 Å². The average molecular weight is 720 g/mol. The van der Waals surface area contributed by atoms with Crippen molar-refractivity contribution in [2.24, 2.45) is 0 Å². The van der Waals surface area contributed by atoms with Gasteiger partial charge in [-0.15, -0.1) is 0 Å². The van der Waals surface area contributed by atoms with Crippen LogP contribution in [0.1, 0.15) is 24.7 Å². The molecule has 0 saturated heterocycles. The molecule has 8 aromatic carbocycles. The first-order valence-corrected chi connectivity index (χ1v) is 17.2. The Morgan fingerprint density at radius 2 is 0.964 bits per heavy atom. The first-order valence-electron chi connectivity index (χ1n) is 26.2. The Bertz CT molecular complexity index is 3910. The third-order valence-electron chi connectivity index (χ3n) is 9.20. The van der Waals surface area contributed by atoms with Crippen molar-refractivity contribution >= 4 is 21.8 Å². The molecule has 0 fully saturated rings. The van der Waals surface area contributed by atoms with Crippen molar-refractivity contribution in [3.63, 3.8) is 0 Å². The highest BCUT2D eigenvalue weighted by molar-refractivity contribution is 6.17. The lowest BCUT2D eigenvalue weighted by atomic mass is 9.94. The van der Waals surface area contributed by atoms with Crippen LogP contribution in [0.15, 0.2) is 212 Å². The topological polar surface area (TPSA) is 30.7 Å². The maximum Gasteiger partial charge on any atom is 0.160 e. The lowest BCUT2D eigenvalue weighted by molar-refractivity contribution is 1.17. The monoisotopic (exact) mass is 719 g/mol. The largest absolute Gasteiger partial charge is 0.309 e. The highest BCUT2D eigenvalue weighted by Crippen LogP contribution is 2.43. The van der Waals surface area contributed by atoms with Crippen LogP contribution in [-0.4, -0.2) is 14.5 Å². The van der Waals surface area contributed by atoms with E-state index in [1.165, 1.54) is 12.1 Å². The number of rotatable bonds is 7. The first-order chi connectivity index (χ1) is 34.7. The molecule has 2 aromatic heterocycles. The van der Waals surface area contributed by atoms with Gasteiger partial charge in [0.1, 0.15) is 0 Å². The molecule has 258 valence electrons. The lowest BCUT2D eigenvalue weighted by Crippen LogP contribution is -1.97. The normalized spacial score (nSPS) is 15.9. The summed E-state index contributed by atoms with van der Waals surface area (Å²) in [6.07, 6.45) is 0. The second-order valence-electron chi connectivity index (χ2n) is 12.5. The van der Waals surface area contributed by atoms with Crippen LogP contribution in [0.3, 0.4) is 0 Å². The summed E-state index contributed by atoms with van der Waals surface area (Å²) in [7, 11) is 0. The summed E-state index contributed by atoms with van der Waals surface area (Å²) in [5.41, 5.74) is 0.733. The first kappa shape index (κ1) is 18.6. The van der Waals surface area contributed by atoms with E-state index < -0.39 is 126 Å². The van der Waals surface area contributed by atoms with Crippen molar-refractivity contribution in [2.75, 3.05) is 0 Å². The molecule has 0 amide bonds. The molecule has 3 heteroatoms. The molecule has 0 radical (unpaired) electrons. The lowest BCUT2D eigenvalue weighted by Gasteiger charge is -2.12. The van der Waals surface area contributed by atoms with Gasteiger partial charge in [0.05, 0.1) is 47.1 Å². The molecular weight excluding hydrogens is 667 g/mol. The maximum absolute atomic E-state index is 10.2. The summed E-state index contributed by atoms with van der Waals surface area (Å²) in [6, 6.07) is 17.2. The van der Waals surface area contributed by atoms with Gasteiger partial charge in [0, 0.05) is 33.2 Å². The zero-order valence-corrected chi connectivity index (χ0v) is 28.7. The second-order valence-corrected chi connectivity index (χ2v) is 12.5. The van der Waals surface area contributed by atoms with Crippen molar-refractivity contribution in [1.82, 2.24) is 14.5 Å². The van der Waals surface area contributed by atoms with Gasteiger partial charge in [0.2, 0.25) is 0 Å². The third-order valence-corrected chi connectivity index (χ3v) is 9.20. The Kier molecular flexibility index (Phi) is 4.70. The summed E-state index contributed by atoms with van der Waals surface area (Å²) in [5, 5.41) is -0.453. The predicted octanol–water partition coefficient (Wildman–Crippen LogP) is 13.6. The van der Waals surface area contributed by atoms with E-state index in [0.29, 0.717) is 16.8 Å². The van der Waals surface area contributed by atoms with Crippen LogP contribution in [0.25, 0.3) is 94.8 Å². The number of nitrogens with zero attached hydrogens (tertiary/aromatic N) is 3. The van der Waals surface area contributed by atoms with Crippen molar-refractivity contribution in [3.8, 4) is 73.0 Å². The Morgan fingerprint density at radius 1 is 0.400 bits per heavy atom. The molecule has 10 aromatic rings. The molecular formula is C52H35N3. The molecule has 0 bridgehead atoms. The van der Waals surface area contributed by atoms with E-state index in [4.69, 9.17) is 27.8 Å². The summed E-state index contributed by atoms with van der Waals surface area (Å²) in [5.74, 6) is 0.184. The molecule has 0 aliphatic rings. The van der Waals surface area contributed by atoms with Gasteiger partial charge in [-0.25, -0.2) is 9.97 Å². The Morgan fingerprint density at radius 3 is 1.64 bits per heavy atom. The standard InChI is InChI=1S/C52H35N3/c1-6-16-36(17-7-1)38-26-28-40(29-27-38)47-35-48(54-52(53-47)41-22-12-4-13-23-41)42-30-31-45-49(33-42)55(44-24-14-5-15-25-44)50-34-43(37-18-8-2-9-19-37)32-46(51(45)50)39-20-10-3-11-21-39/h1-35H/i2D,3D,5D,8D,9D,10D,11D,14D,15D,18D,19D,20D,21D,24D,25D,30D,31D,33D. The minimum Gasteiger partial charge on any atom is -0.309 e. The number of fused-ring (bicyclic) bond motifs is 3. The van der Waals surface area contributed by atoms with Crippen molar-refractivity contribution in [1.29, 1.82) is 0 Å². The number of aromatic nitrogens is 3. The third kappa shape index (κ3) is 6.08. The molecule has 0 atom stereocenters. The van der Waals surface area contributed by atoms with Crippen LogP contribution in [0.2, 0.25) is 0 Å².